The molecule has 1 atom stereocenters. The molecule has 1 unspecified atom stereocenters. The maximum absolute atomic E-state index is 13.4. The van der Waals surface area contributed by atoms with E-state index in [2.05, 4.69) is 0 Å². The first-order valence-corrected chi connectivity index (χ1v) is 12.9. The summed E-state index contributed by atoms with van der Waals surface area (Å²) in [7, 11) is 0. The molecule has 0 aliphatic carbocycles. The number of carbonyl (C=O) groups is 2. The summed E-state index contributed by atoms with van der Waals surface area (Å²) in [6.07, 6.45) is 2.39. The van der Waals surface area contributed by atoms with Crippen LogP contribution in [0.1, 0.15) is 41.8 Å². The number of Topliss-reactive ketones (excluding diaryl/α,β-unsaturated/α-hetero) is 1. The minimum absolute atomic E-state index is 0.00833. The summed E-state index contributed by atoms with van der Waals surface area (Å²) in [6.45, 7) is 3.02. The van der Waals surface area contributed by atoms with Gasteiger partial charge in [-0.05, 0) is 66.1 Å². The van der Waals surface area contributed by atoms with E-state index in [9.17, 15) is 14.7 Å². The quantitative estimate of drug-likeness (QED) is 0.150. The van der Waals surface area contributed by atoms with E-state index < -0.39 is 17.7 Å². The Labute approximate surface area is 226 Å². The van der Waals surface area contributed by atoms with Crippen molar-refractivity contribution < 1.29 is 28.6 Å². The number of rotatable bonds is 10. The zero-order valence-electron chi connectivity index (χ0n) is 21.6. The third-order valence-corrected chi connectivity index (χ3v) is 6.47. The molecule has 3 aromatic carbocycles. The summed E-state index contributed by atoms with van der Waals surface area (Å²) in [5, 5.41) is 11.4. The normalized spacial score (nSPS) is 16.4. The van der Waals surface area contributed by atoms with Crippen LogP contribution in [0.2, 0.25) is 0 Å². The summed E-state index contributed by atoms with van der Waals surface area (Å²) in [4.78, 5) is 28.0. The van der Waals surface area contributed by atoms with E-state index in [-0.39, 0.29) is 17.9 Å². The van der Waals surface area contributed by atoms with Gasteiger partial charge in [0.05, 0.1) is 31.0 Å². The maximum Gasteiger partial charge on any atom is 0.296 e. The zero-order chi connectivity index (χ0) is 27.2. The minimum atomic E-state index is -0.841. The lowest BCUT2D eigenvalue weighted by molar-refractivity contribution is -0.140. The number of nitrogens with zero attached hydrogens (tertiary/aromatic N) is 1. The fourth-order valence-corrected chi connectivity index (χ4v) is 4.56. The number of hydrogen-bond donors (Lipinski definition) is 1. The summed E-state index contributed by atoms with van der Waals surface area (Å²) >= 11 is 0. The molecule has 4 aromatic rings. The highest BCUT2D eigenvalue weighted by Crippen LogP contribution is 2.41. The van der Waals surface area contributed by atoms with Gasteiger partial charge in [-0.3, -0.25) is 9.59 Å². The lowest BCUT2D eigenvalue weighted by atomic mass is 9.95. The number of ether oxygens (including phenoxy) is 2. The van der Waals surface area contributed by atoms with Crippen molar-refractivity contribution in [1.29, 1.82) is 0 Å². The van der Waals surface area contributed by atoms with E-state index >= 15 is 0 Å². The highest BCUT2D eigenvalue weighted by molar-refractivity contribution is 6.46. The van der Waals surface area contributed by atoms with Crippen LogP contribution in [-0.2, 0) is 22.7 Å². The topological polar surface area (TPSA) is 89.2 Å². The van der Waals surface area contributed by atoms with Gasteiger partial charge < -0.3 is 23.9 Å². The Balaban J connectivity index is 1.52. The molecule has 0 radical (unpaired) electrons. The highest BCUT2D eigenvalue weighted by atomic mass is 16.5. The maximum atomic E-state index is 13.4. The second-order valence-electron chi connectivity index (χ2n) is 9.23. The number of ketones is 1. The van der Waals surface area contributed by atoms with Gasteiger partial charge in [0, 0.05) is 5.56 Å². The monoisotopic (exact) mass is 523 g/mol. The van der Waals surface area contributed by atoms with Crippen molar-refractivity contribution in [2.75, 3.05) is 6.61 Å². The lowest BCUT2D eigenvalue weighted by Crippen LogP contribution is -2.29. The fraction of sp³-hybridized carbons (Fsp3) is 0.188. The van der Waals surface area contributed by atoms with Gasteiger partial charge in [-0.25, -0.2) is 0 Å². The third kappa shape index (κ3) is 5.72. The molecule has 7 nitrogen and oxygen atoms in total. The first kappa shape index (κ1) is 25.9. The number of hydrogen-bond acceptors (Lipinski definition) is 6. The lowest BCUT2D eigenvalue weighted by Gasteiger charge is -2.25. The van der Waals surface area contributed by atoms with E-state index in [1.807, 2.05) is 55.5 Å². The van der Waals surface area contributed by atoms with Gasteiger partial charge in [0.15, 0.2) is 0 Å². The van der Waals surface area contributed by atoms with Gasteiger partial charge in [-0.1, -0.05) is 49.4 Å². The number of benzene rings is 3. The molecule has 1 aliphatic heterocycles. The van der Waals surface area contributed by atoms with Gasteiger partial charge in [0.25, 0.3) is 11.7 Å². The molecule has 198 valence electrons. The van der Waals surface area contributed by atoms with Crippen molar-refractivity contribution in [2.24, 2.45) is 0 Å². The first-order valence-electron chi connectivity index (χ1n) is 12.9. The molecule has 1 N–H and O–H groups in total. The molecule has 7 heteroatoms. The van der Waals surface area contributed by atoms with Gasteiger partial charge in [-0.15, -0.1) is 0 Å². The molecule has 1 fully saturated rings. The average molecular weight is 524 g/mol. The first-order chi connectivity index (χ1) is 19.0. The Morgan fingerprint density at radius 3 is 2.41 bits per heavy atom. The molecule has 39 heavy (non-hydrogen) atoms. The van der Waals surface area contributed by atoms with Crippen LogP contribution in [0.15, 0.2) is 107 Å². The van der Waals surface area contributed by atoms with Crippen LogP contribution in [0.3, 0.4) is 0 Å². The third-order valence-electron chi connectivity index (χ3n) is 6.47. The predicted octanol–water partition coefficient (Wildman–Crippen LogP) is 6.27. The van der Waals surface area contributed by atoms with Gasteiger partial charge in [0.1, 0.15) is 29.6 Å². The molecule has 0 spiro atoms. The fourth-order valence-electron chi connectivity index (χ4n) is 4.56. The molecular formula is C32H29NO6. The second kappa shape index (κ2) is 11.7. The van der Waals surface area contributed by atoms with Crippen molar-refractivity contribution in [3.05, 3.63) is 125 Å². The summed E-state index contributed by atoms with van der Waals surface area (Å²) in [5.41, 5.74) is 2.07. The Bertz CT molecular complexity index is 1460. The van der Waals surface area contributed by atoms with E-state index in [1.165, 1.54) is 11.2 Å². The molecule has 0 saturated carbocycles. The van der Waals surface area contributed by atoms with E-state index in [4.69, 9.17) is 13.9 Å². The van der Waals surface area contributed by atoms with Gasteiger partial charge in [0.2, 0.25) is 0 Å². The Hall–Kier alpha value is -4.78. The minimum Gasteiger partial charge on any atom is -0.507 e. The molecule has 5 rings (SSSR count). The smallest absolute Gasteiger partial charge is 0.296 e. The number of likely N-dealkylation sites (tertiary alicyclic amines) is 1. The highest BCUT2D eigenvalue weighted by Gasteiger charge is 2.46. The van der Waals surface area contributed by atoms with Crippen LogP contribution < -0.4 is 9.47 Å². The zero-order valence-corrected chi connectivity index (χ0v) is 21.6. The van der Waals surface area contributed by atoms with Crippen LogP contribution >= 0.6 is 0 Å². The second-order valence-corrected chi connectivity index (χ2v) is 9.23. The molecule has 1 saturated heterocycles. The van der Waals surface area contributed by atoms with E-state index in [0.717, 1.165) is 12.0 Å². The van der Waals surface area contributed by atoms with Crippen LogP contribution in [0, 0.1) is 0 Å². The number of carbonyl (C=O) groups excluding carboxylic acids is 2. The van der Waals surface area contributed by atoms with Crippen molar-refractivity contribution in [3.8, 4) is 11.5 Å². The Kier molecular flexibility index (Phi) is 7.78. The van der Waals surface area contributed by atoms with Crippen molar-refractivity contribution in [1.82, 2.24) is 4.90 Å². The van der Waals surface area contributed by atoms with Crippen LogP contribution in [0.4, 0.5) is 0 Å². The average Bonchev–Trinajstić information content (AvgIpc) is 3.58. The van der Waals surface area contributed by atoms with Gasteiger partial charge in [-0.2, -0.15) is 0 Å². The summed E-state index contributed by atoms with van der Waals surface area (Å²) in [6, 6.07) is 26.5. The molecule has 1 aliphatic rings. The molecule has 1 amide bonds. The van der Waals surface area contributed by atoms with Crippen LogP contribution in [0.5, 0.6) is 11.5 Å². The SMILES string of the molecule is CCCOc1ccc(C(O)=C2C(=O)C(=O)N(Cc3ccco3)C2c2cccc(OCc3ccccc3)c2)cc1. The number of aliphatic hydroxyl groups is 1. The number of furan rings is 1. The number of aliphatic hydroxyl groups excluding tert-OH is 1. The van der Waals surface area contributed by atoms with E-state index in [1.54, 1.807) is 42.5 Å². The Morgan fingerprint density at radius 1 is 0.897 bits per heavy atom. The standard InChI is InChI=1S/C32H29NO6/c1-2-17-37-25-15-13-23(14-16-25)30(34)28-29(33(32(36)31(28)35)20-27-12-7-18-38-27)24-10-6-11-26(19-24)39-21-22-8-4-3-5-9-22/h3-16,18-19,29,34H,2,17,20-21H2,1H3. The number of amides is 1. The predicted molar refractivity (Wildman–Crippen MR) is 146 cm³/mol. The Morgan fingerprint density at radius 2 is 1.69 bits per heavy atom. The molecule has 1 aromatic heterocycles. The van der Waals surface area contributed by atoms with Gasteiger partial charge >= 0.3 is 0 Å². The molecule has 0 bridgehead atoms. The molecule has 2 heterocycles. The van der Waals surface area contributed by atoms with Crippen LogP contribution in [0.25, 0.3) is 5.76 Å². The van der Waals surface area contributed by atoms with Crippen molar-refractivity contribution >= 4 is 17.4 Å². The van der Waals surface area contributed by atoms with E-state index in [0.29, 0.717) is 41.6 Å². The summed E-state index contributed by atoms with van der Waals surface area (Å²) < 4.78 is 17.1. The van der Waals surface area contributed by atoms with Crippen molar-refractivity contribution in [3.63, 3.8) is 0 Å². The van der Waals surface area contributed by atoms with Crippen LogP contribution in [-0.4, -0.2) is 28.3 Å². The molecular weight excluding hydrogens is 494 g/mol. The van der Waals surface area contributed by atoms with Crippen molar-refractivity contribution in [2.45, 2.75) is 32.5 Å². The largest absolute Gasteiger partial charge is 0.507 e. The summed E-state index contributed by atoms with van der Waals surface area (Å²) in [5.74, 6) is 0.0417.